The summed E-state index contributed by atoms with van der Waals surface area (Å²) >= 11 is 0. The van der Waals surface area contributed by atoms with Crippen molar-refractivity contribution in [2.45, 2.75) is 25.2 Å². The van der Waals surface area contributed by atoms with Gasteiger partial charge in [0.05, 0.1) is 12.6 Å². The number of benzene rings is 2. The SMILES string of the molecule is COc1ccc(C)cc1C1(CNc2ncnc3ccc(F)cc23)CCOCC1. The highest BCUT2D eigenvalue weighted by Crippen LogP contribution is 2.40. The maximum absolute atomic E-state index is 13.8. The summed E-state index contributed by atoms with van der Waals surface area (Å²) in [7, 11) is 1.70. The molecular formula is C22H24FN3O2. The molecule has 0 radical (unpaired) electrons. The number of ether oxygens (including phenoxy) is 2. The number of anilines is 1. The summed E-state index contributed by atoms with van der Waals surface area (Å²) in [5.74, 6) is 1.22. The number of hydrogen-bond acceptors (Lipinski definition) is 5. The molecule has 6 heteroatoms. The third-order valence-corrected chi connectivity index (χ3v) is 5.57. The van der Waals surface area contributed by atoms with E-state index in [4.69, 9.17) is 9.47 Å². The van der Waals surface area contributed by atoms with Crippen LogP contribution in [0.2, 0.25) is 0 Å². The molecule has 3 aromatic rings. The Balaban J connectivity index is 1.71. The van der Waals surface area contributed by atoms with Gasteiger partial charge in [-0.15, -0.1) is 0 Å². The fourth-order valence-electron chi connectivity index (χ4n) is 3.96. The fraction of sp³-hybridized carbons (Fsp3) is 0.364. The quantitative estimate of drug-likeness (QED) is 0.716. The molecule has 1 aliphatic heterocycles. The molecule has 0 aliphatic carbocycles. The zero-order chi connectivity index (χ0) is 19.6. The molecule has 0 atom stereocenters. The first kappa shape index (κ1) is 18.6. The molecule has 1 N–H and O–H groups in total. The average Bonchev–Trinajstić information content (AvgIpc) is 2.73. The van der Waals surface area contributed by atoms with E-state index in [1.165, 1.54) is 29.6 Å². The van der Waals surface area contributed by atoms with Gasteiger partial charge in [-0.2, -0.15) is 0 Å². The Morgan fingerprint density at radius 3 is 2.75 bits per heavy atom. The lowest BCUT2D eigenvalue weighted by atomic mass is 9.73. The summed E-state index contributed by atoms with van der Waals surface area (Å²) in [6.07, 6.45) is 3.25. The van der Waals surface area contributed by atoms with Gasteiger partial charge in [0.15, 0.2) is 0 Å². The first-order chi connectivity index (χ1) is 13.6. The van der Waals surface area contributed by atoms with E-state index in [1.807, 2.05) is 6.07 Å². The normalized spacial score (nSPS) is 16.1. The van der Waals surface area contributed by atoms with Crippen LogP contribution in [0.5, 0.6) is 5.75 Å². The van der Waals surface area contributed by atoms with Crippen molar-refractivity contribution >= 4 is 16.7 Å². The maximum Gasteiger partial charge on any atom is 0.137 e. The lowest BCUT2D eigenvalue weighted by Crippen LogP contribution is -2.40. The van der Waals surface area contributed by atoms with Crippen LogP contribution in [0.15, 0.2) is 42.7 Å². The van der Waals surface area contributed by atoms with Crippen molar-refractivity contribution in [3.63, 3.8) is 0 Å². The molecule has 0 spiro atoms. The van der Waals surface area contributed by atoms with Crippen molar-refractivity contribution in [1.82, 2.24) is 9.97 Å². The van der Waals surface area contributed by atoms with Gasteiger partial charge in [-0.1, -0.05) is 17.7 Å². The highest BCUT2D eigenvalue weighted by atomic mass is 19.1. The summed E-state index contributed by atoms with van der Waals surface area (Å²) in [4.78, 5) is 8.60. The molecule has 2 aromatic carbocycles. The minimum Gasteiger partial charge on any atom is -0.496 e. The van der Waals surface area contributed by atoms with Gasteiger partial charge in [-0.05, 0) is 44.0 Å². The van der Waals surface area contributed by atoms with Crippen LogP contribution in [0.1, 0.15) is 24.0 Å². The lowest BCUT2D eigenvalue weighted by Gasteiger charge is -2.39. The molecule has 146 valence electrons. The Bertz CT molecular complexity index is 987. The predicted molar refractivity (Wildman–Crippen MR) is 107 cm³/mol. The molecule has 0 unspecified atom stereocenters. The van der Waals surface area contributed by atoms with Crippen molar-refractivity contribution in [3.8, 4) is 5.75 Å². The van der Waals surface area contributed by atoms with Crippen LogP contribution in [0.4, 0.5) is 10.2 Å². The number of rotatable bonds is 5. The number of hydrogen-bond donors (Lipinski definition) is 1. The second kappa shape index (κ2) is 7.72. The second-order valence-corrected chi connectivity index (χ2v) is 7.33. The summed E-state index contributed by atoms with van der Waals surface area (Å²) in [6.45, 7) is 4.12. The monoisotopic (exact) mass is 381 g/mol. The van der Waals surface area contributed by atoms with Crippen molar-refractivity contribution in [2.75, 3.05) is 32.2 Å². The van der Waals surface area contributed by atoms with Crippen molar-refractivity contribution < 1.29 is 13.9 Å². The minimum absolute atomic E-state index is 0.153. The highest BCUT2D eigenvalue weighted by molar-refractivity contribution is 5.88. The van der Waals surface area contributed by atoms with Gasteiger partial charge in [0.1, 0.15) is 23.7 Å². The Hall–Kier alpha value is -2.73. The fourth-order valence-corrected chi connectivity index (χ4v) is 3.96. The van der Waals surface area contributed by atoms with Gasteiger partial charge >= 0.3 is 0 Å². The third-order valence-electron chi connectivity index (χ3n) is 5.57. The van der Waals surface area contributed by atoms with Gasteiger partial charge in [0, 0.05) is 36.1 Å². The second-order valence-electron chi connectivity index (χ2n) is 7.33. The van der Waals surface area contributed by atoms with Crippen molar-refractivity contribution in [3.05, 3.63) is 59.7 Å². The summed E-state index contributed by atoms with van der Waals surface area (Å²) in [6, 6.07) is 10.8. The first-order valence-corrected chi connectivity index (χ1v) is 9.48. The van der Waals surface area contributed by atoms with E-state index >= 15 is 0 Å². The highest BCUT2D eigenvalue weighted by Gasteiger charge is 2.37. The molecule has 1 aromatic heterocycles. The van der Waals surface area contributed by atoms with E-state index in [0.717, 1.165) is 18.6 Å². The van der Waals surface area contributed by atoms with Crippen molar-refractivity contribution in [1.29, 1.82) is 0 Å². The van der Waals surface area contributed by atoms with Crippen LogP contribution in [0.3, 0.4) is 0 Å². The van der Waals surface area contributed by atoms with E-state index in [9.17, 15) is 4.39 Å². The molecule has 0 bridgehead atoms. The predicted octanol–water partition coefficient (Wildman–Crippen LogP) is 4.25. The van der Waals surface area contributed by atoms with Gasteiger partial charge in [-0.3, -0.25) is 0 Å². The molecule has 2 heterocycles. The van der Waals surface area contributed by atoms with Crippen LogP contribution in [-0.2, 0) is 10.2 Å². The molecule has 4 rings (SSSR count). The summed E-state index contributed by atoms with van der Waals surface area (Å²) in [5, 5.41) is 4.15. The number of halogens is 1. The van der Waals surface area contributed by atoms with E-state index in [2.05, 4.69) is 34.3 Å². The molecule has 5 nitrogen and oxygen atoms in total. The van der Waals surface area contributed by atoms with E-state index in [0.29, 0.717) is 36.5 Å². The molecule has 1 saturated heterocycles. The van der Waals surface area contributed by atoms with Crippen LogP contribution in [0.25, 0.3) is 10.9 Å². The van der Waals surface area contributed by atoms with Crippen LogP contribution in [0, 0.1) is 12.7 Å². The topological polar surface area (TPSA) is 56.3 Å². The number of aromatic nitrogens is 2. The largest absolute Gasteiger partial charge is 0.496 e. The zero-order valence-electron chi connectivity index (χ0n) is 16.2. The molecule has 0 saturated carbocycles. The van der Waals surface area contributed by atoms with Gasteiger partial charge in [-0.25, -0.2) is 14.4 Å². The zero-order valence-corrected chi connectivity index (χ0v) is 16.2. The summed E-state index contributed by atoms with van der Waals surface area (Å²) in [5.41, 5.74) is 2.93. The number of methoxy groups -OCH3 is 1. The molecule has 28 heavy (non-hydrogen) atoms. The Morgan fingerprint density at radius 1 is 1.14 bits per heavy atom. The van der Waals surface area contributed by atoms with E-state index < -0.39 is 0 Å². The van der Waals surface area contributed by atoms with Crippen LogP contribution >= 0.6 is 0 Å². The van der Waals surface area contributed by atoms with Crippen LogP contribution in [-0.4, -0.2) is 36.8 Å². The van der Waals surface area contributed by atoms with Gasteiger partial charge in [0.25, 0.3) is 0 Å². The Kier molecular flexibility index (Phi) is 5.13. The van der Waals surface area contributed by atoms with Gasteiger partial charge in [0.2, 0.25) is 0 Å². The third kappa shape index (κ3) is 3.52. The molecule has 1 fully saturated rings. The van der Waals surface area contributed by atoms with E-state index in [1.54, 1.807) is 13.2 Å². The first-order valence-electron chi connectivity index (χ1n) is 9.48. The standard InChI is InChI=1S/C22H24FN3O2/c1-15-3-6-20(27-2)18(11-15)22(7-9-28-10-8-22)13-24-21-17-12-16(23)4-5-19(17)25-14-26-21/h3-6,11-12,14H,7-10,13H2,1-2H3,(H,24,25,26). The Morgan fingerprint density at radius 2 is 1.96 bits per heavy atom. The number of aryl methyl sites for hydroxylation is 1. The molecule has 1 aliphatic rings. The number of nitrogens with zero attached hydrogens (tertiary/aromatic N) is 2. The minimum atomic E-state index is -0.300. The number of fused-ring (bicyclic) bond motifs is 1. The molecular weight excluding hydrogens is 357 g/mol. The average molecular weight is 381 g/mol. The summed E-state index contributed by atoms with van der Waals surface area (Å²) < 4.78 is 25.1. The van der Waals surface area contributed by atoms with Crippen LogP contribution < -0.4 is 10.1 Å². The van der Waals surface area contributed by atoms with Gasteiger partial charge < -0.3 is 14.8 Å². The lowest BCUT2D eigenvalue weighted by molar-refractivity contribution is 0.0535. The smallest absolute Gasteiger partial charge is 0.137 e. The Labute approximate surface area is 163 Å². The van der Waals surface area contributed by atoms with Crippen molar-refractivity contribution in [2.24, 2.45) is 0 Å². The van der Waals surface area contributed by atoms with E-state index in [-0.39, 0.29) is 11.2 Å². The molecule has 0 amide bonds. The maximum atomic E-state index is 13.8. The number of nitrogens with one attached hydrogen (secondary N) is 1.